The molecule has 2 rings (SSSR count). The maximum absolute atomic E-state index is 13.9. The van der Waals surface area contributed by atoms with E-state index >= 15 is 0 Å². The Hall–Kier alpha value is -1.67. The van der Waals surface area contributed by atoms with E-state index in [1.54, 1.807) is 12.1 Å². The van der Waals surface area contributed by atoms with Gasteiger partial charge in [-0.3, -0.25) is 0 Å². The van der Waals surface area contributed by atoms with Crippen LogP contribution in [0.15, 0.2) is 50.0 Å². The molecular weight excluding hydrogens is 352 g/mol. The number of nitrogens with two attached hydrogens (primary N) is 1. The summed E-state index contributed by atoms with van der Waals surface area (Å²) in [5.74, 6) is -1.97. The van der Waals surface area contributed by atoms with Crippen LogP contribution in [0.3, 0.4) is 0 Å². The average Bonchev–Trinajstić information content (AvgIpc) is 2.43. The Morgan fingerprint density at radius 2 is 1.95 bits per heavy atom. The summed E-state index contributed by atoms with van der Waals surface area (Å²) < 4.78 is 28.5. The molecule has 0 aliphatic rings. The molecule has 0 amide bonds. The molecule has 0 saturated carbocycles. The van der Waals surface area contributed by atoms with Gasteiger partial charge < -0.3 is 10.9 Å². The number of nitrogens with zero attached hydrogens (tertiary/aromatic N) is 2. The molecule has 0 radical (unpaired) electrons. The second-order valence-electron chi connectivity index (χ2n) is 3.67. The molecular formula is C12H8BrF2N3OS. The quantitative estimate of drug-likeness (QED) is 0.381. The fourth-order valence-electron chi connectivity index (χ4n) is 1.39. The second kappa shape index (κ2) is 6.19. The van der Waals surface area contributed by atoms with Crippen molar-refractivity contribution in [3.63, 3.8) is 0 Å². The van der Waals surface area contributed by atoms with Gasteiger partial charge in [0.25, 0.3) is 0 Å². The smallest absolute Gasteiger partial charge is 0.170 e. The summed E-state index contributed by atoms with van der Waals surface area (Å²) in [6, 6.07) is 5.35. The lowest BCUT2D eigenvalue weighted by Crippen LogP contribution is -2.14. The van der Waals surface area contributed by atoms with Crippen LogP contribution in [-0.2, 0) is 0 Å². The molecule has 0 bridgehead atoms. The lowest BCUT2D eigenvalue weighted by molar-refractivity contribution is 0.318. The van der Waals surface area contributed by atoms with Crippen molar-refractivity contribution in [1.82, 2.24) is 4.98 Å². The third kappa shape index (κ3) is 3.26. The van der Waals surface area contributed by atoms with Crippen molar-refractivity contribution in [1.29, 1.82) is 0 Å². The van der Waals surface area contributed by atoms with Gasteiger partial charge in [0.1, 0.15) is 16.7 Å². The predicted octanol–water partition coefficient (Wildman–Crippen LogP) is 3.37. The van der Waals surface area contributed by atoms with E-state index in [4.69, 9.17) is 10.9 Å². The van der Waals surface area contributed by atoms with E-state index in [1.165, 1.54) is 6.20 Å². The Morgan fingerprint density at radius 3 is 2.45 bits per heavy atom. The van der Waals surface area contributed by atoms with Gasteiger partial charge in [0.05, 0.1) is 4.90 Å². The molecule has 8 heteroatoms. The summed E-state index contributed by atoms with van der Waals surface area (Å²) in [6.45, 7) is 0. The van der Waals surface area contributed by atoms with Gasteiger partial charge in [0.2, 0.25) is 0 Å². The van der Waals surface area contributed by atoms with Gasteiger partial charge >= 0.3 is 0 Å². The number of benzene rings is 1. The topological polar surface area (TPSA) is 71.5 Å². The molecule has 1 aromatic carbocycles. The maximum atomic E-state index is 13.9. The Kier molecular flexibility index (Phi) is 4.56. The lowest BCUT2D eigenvalue weighted by atomic mass is 10.2. The van der Waals surface area contributed by atoms with Gasteiger partial charge in [-0.25, -0.2) is 13.8 Å². The molecule has 1 heterocycles. The van der Waals surface area contributed by atoms with Gasteiger partial charge in [0.15, 0.2) is 5.84 Å². The predicted molar refractivity (Wildman–Crippen MR) is 74.9 cm³/mol. The number of hydrogen-bond donors (Lipinski definition) is 2. The van der Waals surface area contributed by atoms with Crippen LogP contribution in [0.2, 0.25) is 0 Å². The fourth-order valence-corrected chi connectivity index (χ4v) is 2.39. The molecule has 0 unspecified atom stereocenters. The molecule has 0 aliphatic heterocycles. The number of amidine groups is 1. The van der Waals surface area contributed by atoms with Crippen molar-refractivity contribution < 1.29 is 14.0 Å². The van der Waals surface area contributed by atoms with Crippen LogP contribution in [0.4, 0.5) is 8.78 Å². The molecule has 1 aromatic heterocycles. The van der Waals surface area contributed by atoms with Crippen molar-refractivity contribution in [2.24, 2.45) is 10.9 Å². The molecule has 0 saturated heterocycles. The van der Waals surface area contributed by atoms with Crippen LogP contribution in [-0.4, -0.2) is 16.0 Å². The van der Waals surface area contributed by atoms with Crippen molar-refractivity contribution in [3.05, 3.63) is 52.1 Å². The Labute approximate surface area is 125 Å². The van der Waals surface area contributed by atoms with Gasteiger partial charge in [-0.05, 0) is 40.2 Å². The molecule has 20 heavy (non-hydrogen) atoms. The molecule has 0 atom stereocenters. The molecule has 0 aliphatic carbocycles. The largest absolute Gasteiger partial charge is 0.409 e. The van der Waals surface area contributed by atoms with Crippen LogP contribution in [0, 0.1) is 11.6 Å². The zero-order valence-corrected chi connectivity index (χ0v) is 12.3. The van der Waals surface area contributed by atoms with Crippen molar-refractivity contribution >= 4 is 33.5 Å². The van der Waals surface area contributed by atoms with Gasteiger partial charge in [-0.1, -0.05) is 16.9 Å². The molecule has 0 fully saturated rings. The first-order valence-corrected chi connectivity index (χ1v) is 6.88. The van der Waals surface area contributed by atoms with E-state index in [0.29, 0.717) is 5.03 Å². The van der Waals surface area contributed by atoms with Crippen LogP contribution in [0.25, 0.3) is 0 Å². The van der Waals surface area contributed by atoms with Gasteiger partial charge in [0, 0.05) is 16.2 Å². The van der Waals surface area contributed by atoms with Crippen molar-refractivity contribution in [2.45, 2.75) is 9.92 Å². The molecule has 2 aromatic rings. The number of halogens is 3. The first-order chi connectivity index (χ1) is 9.51. The summed E-state index contributed by atoms with van der Waals surface area (Å²) >= 11 is 4.07. The standard InChI is InChI=1S/C12H8BrF2N3OS/c13-7-1-2-10(17-5-7)20-11-8(14)3-6(4-9(11)15)12(16)18-19/h1-5,19H,(H2,16,18). The minimum absolute atomic E-state index is 0.0318. The summed E-state index contributed by atoms with van der Waals surface area (Å²) in [4.78, 5) is 3.82. The minimum Gasteiger partial charge on any atom is -0.409 e. The highest BCUT2D eigenvalue weighted by Gasteiger charge is 2.15. The molecule has 4 nitrogen and oxygen atoms in total. The van der Waals surface area contributed by atoms with E-state index in [2.05, 4.69) is 26.1 Å². The highest BCUT2D eigenvalue weighted by molar-refractivity contribution is 9.10. The van der Waals surface area contributed by atoms with Crippen LogP contribution >= 0.6 is 27.7 Å². The highest BCUT2D eigenvalue weighted by Crippen LogP contribution is 2.32. The monoisotopic (exact) mass is 359 g/mol. The van der Waals surface area contributed by atoms with Gasteiger partial charge in [-0.2, -0.15) is 0 Å². The Bertz CT molecular complexity index is 641. The normalized spacial score (nSPS) is 11.7. The van der Waals surface area contributed by atoms with Crippen LogP contribution in [0.1, 0.15) is 5.56 Å². The third-order valence-electron chi connectivity index (χ3n) is 2.31. The average molecular weight is 360 g/mol. The zero-order chi connectivity index (χ0) is 14.7. The Morgan fingerprint density at radius 1 is 1.30 bits per heavy atom. The number of pyridine rings is 1. The number of rotatable bonds is 3. The highest BCUT2D eigenvalue weighted by atomic mass is 79.9. The molecule has 104 valence electrons. The zero-order valence-electron chi connectivity index (χ0n) is 9.85. The van der Waals surface area contributed by atoms with E-state index < -0.39 is 11.6 Å². The van der Waals surface area contributed by atoms with E-state index in [1.807, 2.05) is 0 Å². The molecule has 3 N–H and O–H groups in total. The van der Waals surface area contributed by atoms with Gasteiger partial charge in [-0.15, -0.1) is 0 Å². The summed E-state index contributed by atoms with van der Waals surface area (Å²) in [6.07, 6.45) is 1.53. The maximum Gasteiger partial charge on any atom is 0.170 e. The van der Waals surface area contributed by atoms with Crippen molar-refractivity contribution in [2.75, 3.05) is 0 Å². The van der Waals surface area contributed by atoms with Crippen LogP contribution < -0.4 is 5.73 Å². The summed E-state index contributed by atoms with van der Waals surface area (Å²) in [5, 5.41) is 11.6. The summed E-state index contributed by atoms with van der Waals surface area (Å²) in [7, 11) is 0. The number of oxime groups is 1. The van der Waals surface area contributed by atoms with Crippen molar-refractivity contribution in [3.8, 4) is 0 Å². The van der Waals surface area contributed by atoms with Crippen LogP contribution in [0.5, 0.6) is 0 Å². The summed E-state index contributed by atoms with van der Waals surface area (Å²) in [5.41, 5.74) is 5.26. The Balaban J connectivity index is 2.35. The van der Waals surface area contributed by atoms with E-state index in [9.17, 15) is 8.78 Å². The number of aromatic nitrogens is 1. The van der Waals surface area contributed by atoms with E-state index in [0.717, 1.165) is 28.4 Å². The second-order valence-corrected chi connectivity index (χ2v) is 5.62. The number of hydrogen-bond acceptors (Lipinski definition) is 4. The SMILES string of the molecule is N/C(=N/O)c1cc(F)c(Sc2ccc(Br)cn2)c(F)c1. The molecule has 0 spiro atoms. The fraction of sp³-hybridized carbons (Fsp3) is 0. The van der Waals surface area contributed by atoms with E-state index in [-0.39, 0.29) is 16.3 Å². The first-order valence-electron chi connectivity index (χ1n) is 5.27. The lowest BCUT2D eigenvalue weighted by Gasteiger charge is -2.07. The third-order valence-corrected chi connectivity index (χ3v) is 3.82. The minimum atomic E-state index is -0.804. The first kappa shape index (κ1) is 14.7.